The van der Waals surface area contributed by atoms with Gasteiger partial charge in [0.05, 0.1) is 0 Å². The lowest BCUT2D eigenvalue weighted by atomic mass is 9.96. The van der Waals surface area contributed by atoms with Gasteiger partial charge in [0.25, 0.3) is 5.91 Å². The molecule has 1 heterocycles. The summed E-state index contributed by atoms with van der Waals surface area (Å²) in [7, 11) is 1.99. The Bertz CT molecular complexity index is 261. The fourth-order valence-corrected chi connectivity index (χ4v) is 2.46. The van der Waals surface area contributed by atoms with Gasteiger partial charge in [-0.15, -0.1) is 0 Å². The molecular weight excluding hydrogens is 240 g/mol. The minimum Gasteiger partial charge on any atom is -0.369 e. The van der Waals surface area contributed by atoms with Crippen molar-refractivity contribution >= 4 is 5.91 Å². The Morgan fingerprint density at radius 3 is 2.47 bits per heavy atom. The number of ether oxygens (including phenoxy) is 1. The second-order valence-electron chi connectivity index (χ2n) is 6.02. The zero-order valence-electron chi connectivity index (χ0n) is 12.9. The molecule has 1 amide bonds. The minimum absolute atomic E-state index is 0.159. The van der Waals surface area contributed by atoms with E-state index in [-0.39, 0.29) is 12.0 Å². The number of hydrogen-bond acceptors (Lipinski definition) is 3. The maximum absolute atomic E-state index is 12.2. The van der Waals surface area contributed by atoms with Crippen molar-refractivity contribution in [2.75, 3.05) is 33.3 Å². The SMILES string of the molecule is CNCC1CCN(C(=O)C(C)OCCC(C)C)CC1. The molecule has 19 heavy (non-hydrogen) atoms. The second kappa shape index (κ2) is 8.54. The molecule has 1 atom stereocenters. The van der Waals surface area contributed by atoms with Gasteiger partial charge in [-0.1, -0.05) is 13.8 Å². The zero-order chi connectivity index (χ0) is 14.3. The Morgan fingerprint density at radius 2 is 1.95 bits per heavy atom. The number of carbonyl (C=O) groups excluding carboxylic acids is 1. The van der Waals surface area contributed by atoms with E-state index in [0.29, 0.717) is 18.4 Å². The highest BCUT2D eigenvalue weighted by Crippen LogP contribution is 2.17. The number of piperidine rings is 1. The summed E-state index contributed by atoms with van der Waals surface area (Å²) in [6, 6.07) is 0. The molecule has 0 bridgehead atoms. The van der Waals surface area contributed by atoms with Crippen molar-refractivity contribution in [1.29, 1.82) is 0 Å². The molecule has 0 aliphatic carbocycles. The van der Waals surface area contributed by atoms with E-state index in [1.165, 1.54) is 0 Å². The molecule has 1 unspecified atom stereocenters. The van der Waals surface area contributed by atoms with Gasteiger partial charge in [0, 0.05) is 19.7 Å². The predicted octanol–water partition coefficient (Wildman–Crippen LogP) is 1.90. The molecule has 0 aromatic heterocycles. The lowest BCUT2D eigenvalue weighted by Crippen LogP contribution is -2.45. The Kier molecular flexibility index (Phi) is 7.39. The monoisotopic (exact) mass is 270 g/mol. The molecule has 1 aliphatic heterocycles. The van der Waals surface area contributed by atoms with E-state index in [0.717, 1.165) is 38.9 Å². The maximum atomic E-state index is 12.2. The zero-order valence-corrected chi connectivity index (χ0v) is 12.9. The highest BCUT2D eigenvalue weighted by atomic mass is 16.5. The summed E-state index contributed by atoms with van der Waals surface area (Å²) >= 11 is 0. The largest absolute Gasteiger partial charge is 0.369 e. The van der Waals surface area contributed by atoms with Crippen LogP contribution >= 0.6 is 0 Å². The number of carbonyl (C=O) groups is 1. The first-order chi connectivity index (χ1) is 9.04. The van der Waals surface area contributed by atoms with Crippen LogP contribution in [0.5, 0.6) is 0 Å². The lowest BCUT2D eigenvalue weighted by molar-refractivity contribution is -0.144. The molecule has 4 nitrogen and oxygen atoms in total. The summed E-state index contributed by atoms with van der Waals surface area (Å²) < 4.78 is 5.64. The van der Waals surface area contributed by atoms with E-state index in [1.54, 1.807) is 0 Å². The van der Waals surface area contributed by atoms with Gasteiger partial charge in [-0.05, 0) is 51.6 Å². The first-order valence-corrected chi connectivity index (χ1v) is 7.59. The fourth-order valence-electron chi connectivity index (χ4n) is 2.46. The minimum atomic E-state index is -0.292. The molecule has 1 N–H and O–H groups in total. The number of nitrogens with one attached hydrogen (secondary N) is 1. The van der Waals surface area contributed by atoms with Crippen LogP contribution in [0.25, 0.3) is 0 Å². The molecule has 0 aromatic rings. The lowest BCUT2D eigenvalue weighted by Gasteiger charge is -2.33. The van der Waals surface area contributed by atoms with Crippen LogP contribution in [-0.2, 0) is 9.53 Å². The van der Waals surface area contributed by atoms with Crippen molar-refractivity contribution in [3.05, 3.63) is 0 Å². The average molecular weight is 270 g/mol. The van der Waals surface area contributed by atoms with Crippen LogP contribution in [0.3, 0.4) is 0 Å². The van der Waals surface area contributed by atoms with Gasteiger partial charge in [0.2, 0.25) is 0 Å². The Hall–Kier alpha value is -0.610. The van der Waals surface area contributed by atoms with Gasteiger partial charge in [0.15, 0.2) is 0 Å². The first-order valence-electron chi connectivity index (χ1n) is 7.59. The molecule has 0 saturated carbocycles. The summed E-state index contributed by atoms with van der Waals surface area (Å²) in [5.74, 6) is 1.50. The molecular formula is C15H30N2O2. The molecule has 0 spiro atoms. The summed E-state index contributed by atoms with van der Waals surface area (Å²) in [4.78, 5) is 14.2. The van der Waals surface area contributed by atoms with E-state index in [9.17, 15) is 4.79 Å². The van der Waals surface area contributed by atoms with Gasteiger partial charge < -0.3 is 15.0 Å². The highest BCUT2D eigenvalue weighted by Gasteiger charge is 2.25. The van der Waals surface area contributed by atoms with Crippen LogP contribution in [0.1, 0.15) is 40.0 Å². The highest BCUT2D eigenvalue weighted by molar-refractivity contribution is 5.80. The molecule has 1 rings (SSSR count). The molecule has 1 aliphatic rings. The van der Waals surface area contributed by atoms with Crippen LogP contribution in [0.2, 0.25) is 0 Å². The van der Waals surface area contributed by atoms with Crippen molar-refractivity contribution in [1.82, 2.24) is 10.2 Å². The normalized spacial score (nSPS) is 18.9. The number of likely N-dealkylation sites (tertiary alicyclic amines) is 1. The molecule has 0 aromatic carbocycles. The number of amides is 1. The molecule has 4 heteroatoms. The van der Waals surface area contributed by atoms with Crippen LogP contribution in [-0.4, -0.2) is 50.2 Å². The third-order valence-corrected chi connectivity index (χ3v) is 3.83. The summed E-state index contributed by atoms with van der Waals surface area (Å²) in [5, 5.41) is 3.21. The third kappa shape index (κ3) is 5.91. The summed E-state index contributed by atoms with van der Waals surface area (Å²) in [6.45, 7) is 9.71. The smallest absolute Gasteiger partial charge is 0.251 e. The fraction of sp³-hybridized carbons (Fsp3) is 0.933. The molecule has 1 saturated heterocycles. The van der Waals surface area contributed by atoms with Crippen molar-refractivity contribution in [2.24, 2.45) is 11.8 Å². The number of hydrogen-bond donors (Lipinski definition) is 1. The first kappa shape index (κ1) is 16.4. The summed E-state index contributed by atoms with van der Waals surface area (Å²) in [5.41, 5.74) is 0. The Labute approximate surface area is 117 Å². The summed E-state index contributed by atoms with van der Waals surface area (Å²) in [6.07, 6.45) is 2.93. The number of nitrogens with zero attached hydrogens (tertiary/aromatic N) is 1. The van der Waals surface area contributed by atoms with E-state index >= 15 is 0 Å². The molecule has 112 valence electrons. The van der Waals surface area contributed by atoms with Crippen LogP contribution in [0.4, 0.5) is 0 Å². The van der Waals surface area contributed by atoms with E-state index in [1.807, 2.05) is 18.9 Å². The quantitative estimate of drug-likeness (QED) is 0.768. The third-order valence-electron chi connectivity index (χ3n) is 3.83. The standard InChI is InChI=1S/C15H30N2O2/c1-12(2)7-10-19-13(3)15(18)17-8-5-14(6-9-17)11-16-4/h12-14,16H,5-11H2,1-4H3. The maximum Gasteiger partial charge on any atom is 0.251 e. The Balaban J connectivity index is 2.26. The van der Waals surface area contributed by atoms with Gasteiger partial charge in [0.1, 0.15) is 6.10 Å². The average Bonchev–Trinajstić information content (AvgIpc) is 2.38. The van der Waals surface area contributed by atoms with E-state index in [4.69, 9.17) is 4.74 Å². The van der Waals surface area contributed by atoms with Crippen molar-refractivity contribution in [3.8, 4) is 0 Å². The van der Waals surface area contributed by atoms with Crippen LogP contribution in [0.15, 0.2) is 0 Å². The van der Waals surface area contributed by atoms with Gasteiger partial charge in [-0.2, -0.15) is 0 Å². The topological polar surface area (TPSA) is 41.6 Å². The number of rotatable bonds is 7. The molecule has 1 fully saturated rings. The van der Waals surface area contributed by atoms with E-state index in [2.05, 4.69) is 19.2 Å². The van der Waals surface area contributed by atoms with Gasteiger partial charge >= 0.3 is 0 Å². The molecule has 0 radical (unpaired) electrons. The van der Waals surface area contributed by atoms with Gasteiger partial charge in [-0.3, -0.25) is 4.79 Å². The van der Waals surface area contributed by atoms with E-state index < -0.39 is 0 Å². The second-order valence-corrected chi connectivity index (χ2v) is 6.02. The Morgan fingerprint density at radius 1 is 1.32 bits per heavy atom. The van der Waals surface area contributed by atoms with Crippen molar-refractivity contribution < 1.29 is 9.53 Å². The van der Waals surface area contributed by atoms with Crippen molar-refractivity contribution in [3.63, 3.8) is 0 Å². The predicted molar refractivity (Wildman–Crippen MR) is 78.1 cm³/mol. The van der Waals surface area contributed by atoms with Gasteiger partial charge in [-0.25, -0.2) is 0 Å². The van der Waals surface area contributed by atoms with Crippen molar-refractivity contribution in [2.45, 2.75) is 46.1 Å². The van der Waals surface area contributed by atoms with Crippen LogP contribution < -0.4 is 5.32 Å². The van der Waals surface area contributed by atoms with Crippen LogP contribution in [0, 0.1) is 11.8 Å².